The number of nitrogens with one attached hydrogen (secondary N) is 1. The fourth-order valence-electron chi connectivity index (χ4n) is 2.76. The molecule has 0 spiro atoms. The van der Waals surface area contributed by atoms with Gasteiger partial charge in [-0.05, 0) is 47.6 Å². The van der Waals surface area contributed by atoms with Crippen LogP contribution in [-0.2, 0) is 0 Å². The minimum absolute atomic E-state index is 0.522. The molecule has 0 bridgehead atoms. The van der Waals surface area contributed by atoms with E-state index in [1.165, 1.54) is 25.7 Å². The average Bonchev–Trinajstić information content (AvgIpc) is 3.02. The Morgan fingerprint density at radius 3 is 2.71 bits per heavy atom. The van der Waals surface area contributed by atoms with Gasteiger partial charge in [-0.1, -0.05) is 24.4 Å². The zero-order chi connectivity index (χ0) is 14.8. The second-order valence-corrected chi connectivity index (χ2v) is 6.65. The van der Waals surface area contributed by atoms with Crippen molar-refractivity contribution < 1.29 is 0 Å². The van der Waals surface area contributed by atoms with Gasteiger partial charge >= 0.3 is 0 Å². The summed E-state index contributed by atoms with van der Waals surface area (Å²) < 4.78 is 1.11. The summed E-state index contributed by atoms with van der Waals surface area (Å²) in [5, 5.41) is 3.74. The molecule has 0 unspecified atom stereocenters. The number of halogens is 2. The first-order chi connectivity index (χ1) is 10.2. The molecule has 0 radical (unpaired) electrons. The maximum absolute atomic E-state index is 6.24. The van der Waals surface area contributed by atoms with Crippen molar-refractivity contribution in [2.75, 3.05) is 12.4 Å². The summed E-state index contributed by atoms with van der Waals surface area (Å²) in [5.74, 6) is 1.98. The molecule has 2 aromatic rings. The van der Waals surface area contributed by atoms with Crippen molar-refractivity contribution in [1.82, 2.24) is 15.0 Å². The Morgan fingerprint density at radius 1 is 1.29 bits per heavy atom. The van der Waals surface area contributed by atoms with E-state index in [0.717, 1.165) is 15.1 Å². The van der Waals surface area contributed by atoms with Gasteiger partial charge in [0.05, 0.1) is 14.3 Å². The lowest BCUT2D eigenvalue weighted by atomic mass is 10.0. The first-order valence-electron chi connectivity index (χ1n) is 7.06. The standard InChI is InChI=1S/C15H16ClIN4/c1-18-14-11(17)12(9-5-2-3-6-9)20-15(21-14)13-10(16)7-4-8-19-13/h4,7-9H,2-3,5-6H2,1H3,(H,18,20,21). The Bertz CT molecular complexity index is 656. The highest BCUT2D eigenvalue weighted by Crippen LogP contribution is 2.38. The van der Waals surface area contributed by atoms with Gasteiger partial charge in [-0.15, -0.1) is 0 Å². The molecule has 21 heavy (non-hydrogen) atoms. The van der Waals surface area contributed by atoms with E-state index < -0.39 is 0 Å². The van der Waals surface area contributed by atoms with E-state index in [2.05, 4.69) is 37.9 Å². The minimum Gasteiger partial charge on any atom is -0.372 e. The molecule has 0 aromatic carbocycles. The molecule has 0 aliphatic heterocycles. The van der Waals surface area contributed by atoms with Gasteiger partial charge in [0.15, 0.2) is 5.82 Å². The number of pyridine rings is 1. The zero-order valence-corrected chi connectivity index (χ0v) is 14.6. The third-order valence-electron chi connectivity index (χ3n) is 3.83. The third-order valence-corrected chi connectivity index (χ3v) is 5.19. The number of rotatable bonds is 3. The van der Waals surface area contributed by atoms with Crippen LogP contribution in [0.4, 0.5) is 5.82 Å². The van der Waals surface area contributed by atoms with Gasteiger partial charge in [0.25, 0.3) is 0 Å². The van der Waals surface area contributed by atoms with Gasteiger partial charge in [0, 0.05) is 19.2 Å². The zero-order valence-electron chi connectivity index (χ0n) is 11.7. The van der Waals surface area contributed by atoms with Gasteiger partial charge in [0.1, 0.15) is 11.5 Å². The fourth-order valence-corrected chi connectivity index (χ4v) is 3.91. The van der Waals surface area contributed by atoms with Crippen LogP contribution >= 0.6 is 34.2 Å². The monoisotopic (exact) mass is 414 g/mol. The van der Waals surface area contributed by atoms with Crippen molar-refractivity contribution in [3.8, 4) is 11.5 Å². The van der Waals surface area contributed by atoms with Crippen LogP contribution in [-0.4, -0.2) is 22.0 Å². The summed E-state index contributed by atoms with van der Waals surface area (Å²) in [4.78, 5) is 13.7. The Labute approximate surface area is 142 Å². The van der Waals surface area contributed by atoms with Gasteiger partial charge in [-0.3, -0.25) is 4.98 Å². The summed E-state index contributed by atoms with van der Waals surface area (Å²) in [7, 11) is 1.88. The first kappa shape index (κ1) is 15.0. The first-order valence-corrected chi connectivity index (χ1v) is 8.52. The largest absolute Gasteiger partial charge is 0.372 e. The van der Waals surface area contributed by atoms with Gasteiger partial charge < -0.3 is 5.32 Å². The van der Waals surface area contributed by atoms with Crippen LogP contribution in [0.5, 0.6) is 0 Å². The van der Waals surface area contributed by atoms with Crippen molar-refractivity contribution in [3.05, 3.63) is 32.6 Å². The predicted molar refractivity (Wildman–Crippen MR) is 93.7 cm³/mol. The molecule has 2 aromatic heterocycles. The highest BCUT2D eigenvalue weighted by molar-refractivity contribution is 14.1. The van der Waals surface area contributed by atoms with Crippen LogP contribution in [0.25, 0.3) is 11.5 Å². The number of anilines is 1. The summed E-state index contributed by atoms with van der Waals surface area (Å²) in [6, 6.07) is 3.63. The third kappa shape index (κ3) is 2.99. The second-order valence-electron chi connectivity index (χ2n) is 5.16. The molecule has 110 valence electrons. The van der Waals surface area contributed by atoms with Crippen molar-refractivity contribution in [1.29, 1.82) is 0 Å². The number of nitrogens with zero attached hydrogens (tertiary/aromatic N) is 3. The van der Waals surface area contributed by atoms with Gasteiger partial charge in [0.2, 0.25) is 0 Å². The Balaban J connectivity index is 2.13. The van der Waals surface area contributed by atoms with Crippen LogP contribution < -0.4 is 5.32 Å². The molecule has 6 heteroatoms. The minimum atomic E-state index is 0.522. The summed E-state index contributed by atoms with van der Waals surface area (Å²) >= 11 is 8.58. The van der Waals surface area contributed by atoms with Crippen molar-refractivity contribution in [3.63, 3.8) is 0 Å². The molecule has 0 saturated heterocycles. The summed E-state index contributed by atoms with van der Waals surface area (Å²) in [5.41, 5.74) is 1.77. The van der Waals surface area contributed by atoms with E-state index in [4.69, 9.17) is 16.6 Å². The molecule has 1 fully saturated rings. The Morgan fingerprint density at radius 2 is 2.05 bits per heavy atom. The normalized spacial score (nSPS) is 15.4. The molecule has 4 nitrogen and oxygen atoms in total. The summed E-state index contributed by atoms with van der Waals surface area (Å²) in [6.45, 7) is 0. The number of hydrogen-bond acceptors (Lipinski definition) is 4. The van der Waals surface area contributed by atoms with Gasteiger partial charge in [-0.25, -0.2) is 9.97 Å². The SMILES string of the molecule is CNc1nc(-c2ncccc2Cl)nc(C2CCCC2)c1I. The van der Waals surface area contributed by atoms with E-state index in [1.54, 1.807) is 6.20 Å². The Kier molecular flexibility index (Phi) is 4.59. The lowest BCUT2D eigenvalue weighted by Gasteiger charge is -2.15. The topological polar surface area (TPSA) is 50.7 Å². The van der Waals surface area contributed by atoms with Crippen LogP contribution in [0, 0.1) is 3.57 Å². The quantitative estimate of drug-likeness (QED) is 0.752. The predicted octanol–water partition coefficient (Wildman–Crippen LogP) is 4.50. The highest BCUT2D eigenvalue weighted by Gasteiger charge is 2.24. The average molecular weight is 415 g/mol. The molecule has 1 N–H and O–H groups in total. The molecule has 3 rings (SSSR count). The van der Waals surface area contributed by atoms with E-state index in [1.807, 2.05) is 19.2 Å². The Hall–Kier alpha value is -0.950. The van der Waals surface area contributed by atoms with Crippen LogP contribution in [0.2, 0.25) is 5.02 Å². The fraction of sp³-hybridized carbons (Fsp3) is 0.400. The highest BCUT2D eigenvalue weighted by atomic mass is 127. The van der Waals surface area contributed by atoms with Crippen molar-refractivity contribution in [2.24, 2.45) is 0 Å². The molecule has 2 heterocycles. The summed E-state index contributed by atoms with van der Waals surface area (Å²) in [6.07, 6.45) is 6.67. The van der Waals surface area contributed by atoms with E-state index >= 15 is 0 Å². The second kappa shape index (κ2) is 6.44. The smallest absolute Gasteiger partial charge is 0.182 e. The van der Waals surface area contributed by atoms with Crippen molar-refractivity contribution >= 4 is 40.0 Å². The van der Waals surface area contributed by atoms with E-state index in [0.29, 0.717) is 22.5 Å². The number of aromatic nitrogens is 3. The van der Waals surface area contributed by atoms with Crippen LogP contribution in [0.1, 0.15) is 37.3 Å². The lowest BCUT2D eigenvalue weighted by Crippen LogP contribution is -2.08. The molecule has 1 aliphatic rings. The molecule has 0 amide bonds. The maximum atomic E-state index is 6.24. The van der Waals surface area contributed by atoms with E-state index in [-0.39, 0.29) is 0 Å². The molecular weight excluding hydrogens is 399 g/mol. The maximum Gasteiger partial charge on any atom is 0.182 e. The molecule has 0 atom stereocenters. The van der Waals surface area contributed by atoms with Crippen LogP contribution in [0.3, 0.4) is 0 Å². The van der Waals surface area contributed by atoms with Gasteiger partial charge in [-0.2, -0.15) is 0 Å². The number of hydrogen-bond donors (Lipinski definition) is 1. The lowest BCUT2D eigenvalue weighted by molar-refractivity contribution is 0.690. The molecular formula is C15H16ClIN4. The van der Waals surface area contributed by atoms with Crippen molar-refractivity contribution in [2.45, 2.75) is 31.6 Å². The molecule has 1 aliphatic carbocycles. The van der Waals surface area contributed by atoms with Crippen LogP contribution in [0.15, 0.2) is 18.3 Å². The van der Waals surface area contributed by atoms with E-state index in [9.17, 15) is 0 Å². The molecule has 1 saturated carbocycles.